The Hall–Kier alpha value is -1.36. The second-order valence-electron chi connectivity index (χ2n) is 4.42. The summed E-state index contributed by atoms with van der Waals surface area (Å²) in [5, 5.41) is 6.01. The van der Waals surface area contributed by atoms with Crippen molar-refractivity contribution in [2.24, 2.45) is 0 Å². The number of carbonyl (C=O) groups excluding carboxylic acids is 1. The summed E-state index contributed by atoms with van der Waals surface area (Å²) in [6.07, 6.45) is 1.62. The molecular weight excluding hydrogens is 248 g/mol. The SMILES string of the molecule is CNc1ccc(C(=O)NC2CCS(=O)CC2)cc1. The Labute approximate surface area is 110 Å². The van der Waals surface area contributed by atoms with E-state index in [1.807, 2.05) is 31.3 Å². The molecule has 1 aliphatic heterocycles. The van der Waals surface area contributed by atoms with Crippen LogP contribution in [-0.2, 0) is 10.8 Å². The van der Waals surface area contributed by atoms with E-state index in [1.54, 1.807) is 0 Å². The van der Waals surface area contributed by atoms with Gasteiger partial charge < -0.3 is 10.6 Å². The minimum absolute atomic E-state index is 0.0460. The Bertz CT molecular complexity index is 435. The molecule has 18 heavy (non-hydrogen) atoms. The fourth-order valence-corrected chi connectivity index (χ4v) is 3.29. The van der Waals surface area contributed by atoms with E-state index in [4.69, 9.17) is 0 Å². The maximum absolute atomic E-state index is 12.0. The second-order valence-corrected chi connectivity index (χ2v) is 6.12. The Morgan fingerprint density at radius 1 is 1.22 bits per heavy atom. The first kappa shape index (κ1) is 13.1. The van der Waals surface area contributed by atoms with Crippen LogP contribution in [0.1, 0.15) is 23.2 Å². The lowest BCUT2D eigenvalue weighted by molar-refractivity contribution is 0.0934. The molecule has 0 aromatic heterocycles. The summed E-state index contributed by atoms with van der Waals surface area (Å²) in [4.78, 5) is 12.0. The first-order valence-corrected chi connectivity index (χ1v) is 7.61. The van der Waals surface area contributed by atoms with Gasteiger partial charge >= 0.3 is 0 Å². The molecule has 2 rings (SSSR count). The van der Waals surface area contributed by atoms with Crippen LogP contribution in [0.25, 0.3) is 0 Å². The quantitative estimate of drug-likeness (QED) is 0.868. The maximum Gasteiger partial charge on any atom is 0.251 e. The van der Waals surface area contributed by atoms with Crippen molar-refractivity contribution in [3.63, 3.8) is 0 Å². The average molecular weight is 266 g/mol. The van der Waals surface area contributed by atoms with E-state index in [0.29, 0.717) is 17.1 Å². The van der Waals surface area contributed by atoms with Crippen LogP contribution in [0.3, 0.4) is 0 Å². The topological polar surface area (TPSA) is 58.2 Å². The van der Waals surface area contributed by atoms with Crippen molar-refractivity contribution in [3.05, 3.63) is 29.8 Å². The zero-order valence-corrected chi connectivity index (χ0v) is 11.3. The first-order valence-electron chi connectivity index (χ1n) is 6.12. The summed E-state index contributed by atoms with van der Waals surface area (Å²) < 4.78 is 11.2. The number of nitrogens with one attached hydrogen (secondary N) is 2. The van der Waals surface area contributed by atoms with Crippen molar-refractivity contribution >= 4 is 22.4 Å². The van der Waals surface area contributed by atoms with Gasteiger partial charge in [0.05, 0.1) is 0 Å². The molecule has 0 spiro atoms. The van der Waals surface area contributed by atoms with Crippen LogP contribution < -0.4 is 10.6 Å². The minimum Gasteiger partial charge on any atom is -0.388 e. The Kier molecular flexibility index (Phi) is 4.36. The van der Waals surface area contributed by atoms with E-state index in [9.17, 15) is 9.00 Å². The number of hydrogen-bond acceptors (Lipinski definition) is 3. The minimum atomic E-state index is -0.684. The molecule has 0 aliphatic carbocycles. The predicted molar refractivity (Wildman–Crippen MR) is 74.4 cm³/mol. The van der Waals surface area contributed by atoms with E-state index in [2.05, 4.69) is 10.6 Å². The molecule has 0 bridgehead atoms. The lowest BCUT2D eigenvalue weighted by Gasteiger charge is -2.22. The third-order valence-electron chi connectivity index (χ3n) is 3.16. The predicted octanol–water partition coefficient (Wildman–Crippen LogP) is 1.37. The van der Waals surface area contributed by atoms with Crippen LogP contribution >= 0.6 is 0 Å². The molecule has 1 amide bonds. The third-order valence-corrected chi connectivity index (χ3v) is 4.54. The van der Waals surface area contributed by atoms with Gasteiger partial charge in [-0.2, -0.15) is 0 Å². The van der Waals surface area contributed by atoms with Crippen molar-refractivity contribution in [1.29, 1.82) is 0 Å². The molecule has 5 heteroatoms. The highest BCUT2D eigenvalue weighted by molar-refractivity contribution is 7.85. The number of hydrogen-bond donors (Lipinski definition) is 2. The van der Waals surface area contributed by atoms with Crippen molar-refractivity contribution in [3.8, 4) is 0 Å². The van der Waals surface area contributed by atoms with Gasteiger partial charge in [0.1, 0.15) is 0 Å². The third kappa shape index (κ3) is 3.32. The molecule has 1 aliphatic rings. The molecule has 4 nitrogen and oxygen atoms in total. The number of rotatable bonds is 3. The summed E-state index contributed by atoms with van der Waals surface area (Å²) in [7, 11) is 1.16. The summed E-state index contributed by atoms with van der Waals surface area (Å²) >= 11 is 0. The molecule has 0 unspecified atom stereocenters. The van der Waals surface area contributed by atoms with Gasteiger partial charge in [0, 0.05) is 46.6 Å². The van der Waals surface area contributed by atoms with Crippen molar-refractivity contribution in [2.45, 2.75) is 18.9 Å². The molecule has 1 aromatic rings. The summed E-state index contributed by atoms with van der Waals surface area (Å²) in [5.74, 6) is 1.35. The zero-order chi connectivity index (χ0) is 13.0. The standard InChI is InChI=1S/C13H18N2O2S/c1-14-11-4-2-10(3-5-11)13(16)15-12-6-8-18(17)9-7-12/h2-5,12,14H,6-9H2,1H3,(H,15,16). The first-order chi connectivity index (χ1) is 8.69. The van der Waals surface area contributed by atoms with Crippen LogP contribution in [0.4, 0.5) is 5.69 Å². The summed E-state index contributed by atoms with van der Waals surface area (Å²) in [6.45, 7) is 0. The number of amides is 1. The maximum atomic E-state index is 12.0. The van der Waals surface area contributed by atoms with E-state index in [-0.39, 0.29) is 11.9 Å². The summed E-state index contributed by atoms with van der Waals surface area (Å²) in [6, 6.07) is 7.54. The number of carbonyl (C=O) groups is 1. The molecular formula is C13H18N2O2S. The number of anilines is 1. The Balaban J connectivity index is 1.92. The fraction of sp³-hybridized carbons (Fsp3) is 0.462. The summed E-state index contributed by atoms with van der Waals surface area (Å²) in [5.41, 5.74) is 1.65. The Morgan fingerprint density at radius 3 is 2.39 bits per heavy atom. The van der Waals surface area contributed by atoms with Crippen molar-refractivity contribution in [2.75, 3.05) is 23.9 Å². The largest absolute Gasteiger partial charge is 0.388 e. The van der Waals surface area contributed by atoms with Gasteiger partial charge in [-0.15, -0.1) is 0 Å². The van der Waals surface area contributed by atoms with Gasteiger partial charge in [0.15, 0.2) is 0 Å². The van der Waals surface area contributed by atoms with Crippen LogP contribution in [0.5, 0.6) is 0 Å². The fourth-order valence-electron chi connectivity index (χ4n) is 2.00. The van der Waals surface area contributed by atoms with Crippen LogP contribution in [0.15, 0.2) is 24.3 Å². The van der Waals surface area contributed by atoms with E-state index < -0.39 is 10.8 Å². The number of benzene rings is 1. The average Bonchev–Trinajstić information content (AvgIpc) is 2.41. The molecule has 0 atom stereocenters. The van der Waals surface area contributed by atoms with Gasteiger partial charge in [0.2, 0.25) is 0 Å². The highest BCUT2D eigenvalue weighted by atomic mass is 32.2. The van der Waals surface area contributed by atoms with Gasteiger partial charge in [-0.1, -0.05) is 0 Å². The van der Waals surface area contributed by atoms with Crippen LogP contribution in [0.2, 0.25) is 0 Å². The highest BCUT2D eigenvalue weighted by Crippen LogP contribution is 2.12. The smallest absolute Gasteiger partial charge is 0.251 e. The molecule has 0 radical (unpaired) electrons. The van der Waals surface area contributed by atoms with E-state index in [0.717, 1.165) is 18.5 Å². The normalized spacial score (nSPS) is 23.4. The molecule has 98 valence electrons. The molecule has 1 aromatic carbocycles. The van der Waals surface area contributed by atoms with E-state index >= 15 is 0 Å². The monoisotopic (exact) mass is 266 g/mol. The lowest BCUT2D eigenvalue weighted by atomic mass is 10.1. The molecule has 1 fully saturated rings. The molecule has 1 saturated heterocycles. The van der Waals surface area contributed by atoms with Gasteiger partial charge in [-0.05, 0) is 37.1 Å². The van der Waals surface area contributed by atoms with Gasteiger partial charge in [0.25, 0.3) is 5.91 Å². The second kappa shape index (κ2) is 6.00. The molecule has 1 heterocycles. The van der Waals surface area contributed by atoms with Crippen LogP contribution in [-0.4, -0.2) is 34.7 Å². The van der Waals surface area contributed by atoms with Crippen molar-refractivity contribution < 1.29 is 9.00 Å². The van der Waals surface area contributed by atoms with E-state index in [1.165, 1.54) is 0 Å². The Morgan fingerprint density at radius 2 is 1.83 bits per heavy atom. The van der Waals surface area contributed by atoms with Crippen LogP contribution in [0, 0.1) is 0 Å². The zero-order valence-electron chi connectivity index (χ0n) is 10.4. The lowest BCUT2D eigenvalue weighted by Crippen LogP contribution is -2.39. The van der Waals surface area contributed by atoms with Gasteiger partial charge in [-0.25, -0.2) is 0 Å². The molecule has 0 saturated carbocycles. The van der Waals surface area contributed by atoms with Crippen molar-refractivity contribution in [1.82, 2.24) is 5.32 Å². The van der Waals surface area contributed by atoms with Gasteiger partial charge in [-0.3, -0.25) is 9.00 Å². The highest BCUT2D eigenvalue weighted by Gasteiger charge is 2.19. The molecule has 2 N–H and O–H groups in total.